The van der Waals surface area contributed by atoms with E-state index >= 15 is 0 Å². The first-order valence-electron chi connectivity index (χ1n) is 10.7. The molecule has 0 saturated heterocycles. The maximum Gasteiger partial charge on any atom is 0.232 e. The Hall–Kier alpha value is -2.91. The monoisotopic (exact) mass is 400 g/mol. The first kappa shape index (κ1) is 21.8. The molecule has 0 aromatic heterocycles. The molecule has 156 valence electrons. The van der Waals surface area contributed by atoms with E-state index < -0.39 is 5.41 Å². The van der Waals surface area contributed by atoms with Gasteiger partial charge in [-0.3, -0.25) is 4.79 Å². The molecular weight excluding hydrogens is 368 g/mol. The number of carbonyl (C=O) groups is 1. The van der Waals surface area contributed by atoms with Gasteiger partial charge in [-0.05, 0) is 56.5 Å². The molecule has 0 atom stereocenters. The van der Waals surface area contributed by atoms with Crippen molar-refractivity contribution in [2.45, 2.75) is 31.6 Å². The molecule has 3 aromatic carbocycles. The van der Waals surface area contributed by atoms with Gasteiger partial charge in [0.1, 0.15) is 0 Å². The first-order chi connectivity index (χ1) is 14.5. The van der Waals surface area contributed by atoms with Crippen LogP contribution in [-0.4, -0.2) is 30.9 Å². The van der Waals surface area contributed by atoms with E-state index in [2.05, 4.69) is 43.1 Å². The third kappa shape index (κ3) is 5.17. The van der Waals surface area contributed by atoms with E-state index in [1.54, 1.807) is 0 Å². The number of hydrogen-bond donors (Lipinski definition) is 1. The summed E-state index contributed by atoms with van der Waals surface area (Å²) in [4.78, 5) is 15.2. The molecule has 0 spiro atoms. The summed E-state index contributed by atoms with van der Waals surface area (Å²) >= 11 is 0. The summed E-state index contributed by atoms with van der Waals surface area (Å²) in [5, 5.41) is 0. The smallest absolute Gasteiger partial charge is 0.232 e. The summed E-state index contributed by atoms with van der Waals surface area (Å²) in [5.41, 5.74) is 9.81. The highest BCUT2D eigenvalue weighted by atomic mass is 16.1. The second-order valence-corrected chi connectivity index (χ2v) is 8.14. The van der Waals surface area contributed by atoms with E-state index in [4.69, 9.17) is 5.73 Å². The second-order valence-electron chi connectivity index (χ2n) is 8.14. The van der Waals surface area contributed by atoms with Crippen LogP contribution in [0.3, 0.4) is 0 Å². The topological polar surface area (TPSA) is 46.3 Å². The van der Waals surface area contributed by atoms with E-state index in [1.807, 2.05) is 60.7 Å². The SMILES string of the molecule is Cc1ccc(CCN(C)CCCC(C(N)=O)(c2ccccc2)c2ccccc2)cc1. The fraction of sp³-hybridized carbons (Fsp3) is 0.296. The Balaban J connectivity index is 1.69. The van der Waals surface area contributed by atoms with Gasteiger partial charge in [0.2, 0.25) is 5.91 Å². The van der Waals surface area contributed by atoms with E-state index in [1.165, 1.54) is 11.1 Å². The molecule has 0 unspecified atom stereocenters. The molecule has 0 saturated carbocycles. The summed E-state index contributed by atoms with van der Waals surface area (Å²) in [7, 11) is 2.14. The molecule has 0 aliphatic heterocycles. The van der Waals surface area contributed by atoms with Crippen molar-refractivity contribution in [3.8, 4) is 0 Å². The van der Waals surface area contributed by atoms with Gasteiger partial charge in [0, 0.05) is 6.54 Å². The number of aryl methyl sites for hydroxylation is 1. The van der Waals surface area contributed by atoms with Crippen LogP contribution in [0.4, 0.5) is 0 Å². The van der Waals surface area contributed by atoms with Crippen molar-refractivity contribution >= 4 is 5.91 Å². The maximum atomic E-state index is 12.8. The van der Waals surface area contributed by atoms with Crippen LogP contribution in [0.15, 0.2) is 84.9 Å². The first-order valence-corrected chi connectivity index (χ1v) is 10.7. The minimum atomic E-state index is -0.805. The van der Waals surface area contributed by atoms with Gasteiger partial charge in [0.05, 0.1) is 5.41 Å². The fourth-order valence-corrected chi connectivity index (χ4v) is 4.11. The Morgan fingerprint density at radius 2 is 1.37 bits per heavy atom. The van der Waals surface area contributed by atoms with Gasteiger partial charge >= 0.3 is 0 Å². The summed E-state index contributed by atoms with van der Waals surface area (Å²) in [6, 6.07) is 28.6. The van der Waals surface area contributed by atoms with Gasteiger partial charge in [-0.15, -0.1) is 0 Å². The quantitative estimate of drug-likeness (QED) is 0.535. The molecule has 3 heteroatoms. The third-order valence-electron chi connectivity index (χ3n) is 5.95. The second kappa shape index (κ2) is 10.2. The summed E-state index contributed by atoms with van der Waals surface area (Å²) in [6.45, 7) is 4.02. The molecular formula is C27H32N2O. The summed E-state index contributed by atoms with van der Waals surface area (Å²) in [6.07, 6.45) is 2.59. The zero-order valence-electron chi connectivity index (χ0n) is 18.1. The van der Waals surface area contributed by atoms with Crippen LogP contribution in [0.25, 0.3) is 0 Å². The number of amides is 1. The molecule has 0 aliphatic rings. The molecule has 30 heavy (non-hydrogen) atoms. The van der Waals surface area contributed by atoms with Crippen LogP contribution in [-0.2, 0) is 16.6 Å². The lowest BCUT2D eigenvalue weighted by Gasteiger charge is -2.32. The fourth-order valence-electron chi connectivity index (χ4n) is 4.11. The van der Waals surface area contributed by atoms with Crippen LogP contribution < -0.4 is 5.73 Å². The van der Waals surface area contributed by atoms with E-state index in [9.17, 15) is 4.79 Å². The lowest BCUT2D eigenvalue weighted by atomic mass is 9.70. The van der Waals surface area contributed by atoms with Crippen LogP contribution in [0, 0.1) is 6.92 Å². The van der Waals surface area contributed by atoms with Gasteiger partial charge in [-0.25, -0.2) is 0 Å². The van der Waals surface area contributed by atoms with Crippen molar-refractivity contribution in [3.05, 3.63) is 107 Å². The predicted molar refractivity (Wildman–Crippen MR) is 124 cm³/mol. The Morgan fingerprint density at radius 1 is 0.833 bits per heavy atom. The molecule has 0 heterocycles. The standard InChI is InChI=1S/C27H32N2O/c1-22-14-16-23(17-15-22)18-21-29(2)20-9-19-27(26(28)30,24-10-5-3-6-11-24)25-12-7-4-8-13-25/h3-8,10-17H,9,18-21H2,1-2H3,(H2,28,30). The molecule has 0 radical (unpaired) electrons. The number of benzene rings is 3. The molecule has 3 nitrogen and oxygen atoms in total. The predicted octanol–water partition coefficient (Wildman–Crippen LogP) is 4.72. The van der Waals surface area contributed by atoms with Gasteiger partial charge in [0.15, 0.2) is 0 Å². The number of likely N-dealkylation sites (N-methyl/N-ethyl adjacent to an activating group) is 1. The Bertz CT molecular complexity index is 881. The summed E-state index contributed by atoms with van der Waals surface area (Å²) < 4.78 is 0. The highest BCUT2D eigenvalue weighted by Crippen LogP contribution is 2.36. The lowest BCUT2D eigenvalue weighted by Crippen LogP contribution is -2.43. The van der Waals surface area contributed by atoms with Crippen molar-refractivity contribution in [2.24, 2.45) is 5.73 Å². The Labute approximate surface area is 180 Å². The normalized spacial score (nSPS) is 11.6. The van der Waals surface area contributed by atoms with E-state index in [-0.39, 0.29) is 5.91 Å². The molecule has 2 N–H and O–H groups in total. The molecule has 3 rings (SSSR count). The number of primary amides is 1. The Morgan fingerprint density at radius 3 is 1.87 bits per heavy atom. The van der Waals surface area contributed by atoms with E-state index in [0.29, 0.717) is 6.42 Å². The lowest BCUT2D eigenvalue weighted by molar-refractivity contribution is -0.122. The van der Waals surface area contributed by atoms with Crippen LogP contribution in [0.2, 0.25) is 0 Å². The van der Waals surface area contributed by atoms with Crippen molar-refractivity contribution in [1.82, 2.24) is 4.90 Å². The van der Waals surface area contributed by atoms with Crippen LogP contribution in [0.5, 0.6) is 0 Å². The average Bonchev–Trinajstić information content (AvgIpc) is 2.77. The summed E-state index contributed by atoms with van der Waals surface area (Å²) in [5.74, 6) is -0.290. The minimum absolute atomic E-state index is 0.290. The molecule has 0 fully saturated rings. The van der Waals surface area contributed by atoms with Gasteiger partial charge < -0.3 is 10.6 Å². The number of hydrogen-bond acceptors (Lipinski definition) is 2. The largest absolute Gasteiger partial charge is 0.369 e. The molecule has 3 aromatic rings. The highest BCUT2D eigenvalue weighted by molar-refractivity contribution is 5.90. The number of nitrogens with zero attached hydrogens (tertiary/aromatic N) is 1. The van der Waals surface area contributed by atoms with Crippen molar-refractivity contribution in [1.29, 1.82) is 0 Å². The van der Waals surface area contributed by atoms with E-state index in [0.717, 1.165) is 37.1 Å². The molecule has 0 aliphatic carbocycles. The minimum Gasteiger partial charge on any atom is -0.369 e. The highest BCUT2D eigenvalue weighted by Gasteiger charge is 2.39. The number of carbonyl (C=O) groups excluding carboxylic acids is 1. The van der Waals surface area contributed by atoms with Crippen LogP contribution >= 0.6 is 0 Å². The average molecular weight is 401 g/mol. The number of nitrogens with two attached hydrogens (primary N) is 1. The van der Waals surface area contributed by atoms with Crippen LogP contribution in [0.1, 0.15) is 35.1 Å². The van der Waals surface area contributed by atoms with Gasteiger partial charge in [-0.2, -0.15) is 0 Å². The van der Waals surface area contributed by atoms with Crippen molar-refractivity contribution < 1.29 is 4.79 Å². The Kier molecular flexibility index (Phi) is 7.42. The van der Waals surface area contributed by atoms with Crippen molar-refractivity contribution in [3.63, 3.8) is 0 Å². The molecule has 1 amide bonds. The zero-order valence-corrected chi connectivity index (χ0v) is 18.1. The van der Waals surface area contributed by atoms with Gasteiger partial charge in [-0.1, -0.05) is 90.5 Å². The van der Waals surface area contributed by atoms with Gasteiger partial charge in [0.25, 0.3) is 0 Å². The van der Waals surface area contributed by atoms with Crippen molar-refractivity contribution in [2.75, 3.05) is 20.1 Å². The zero-order chi connectivity index (χ0) is 21.4. The number of rotatable bonds is 10. The third-order valence-corrected chi connectivity index (χ3v) is 5.95. The molecule has 0 bridgehead atoms. The maximum absolute atomic E-state index is 12.8.